The monoisotopic (exact) mass is 303 g/mol. The number of carbonyl (C=O) groups excluding carboxylic acids is 1. The second-order valence-corrected chi connectivity index (χ2v) is 4.63. The number of aryl methyl sites for hydroxylation is 1. The van der Waals surface area contributed by atoms with Crippen molar-refractivity contribution in [1.29, 1.82) is 0 Å². The molecule has 0 radical (unpaired) electrons. The summed E-state index contributed by atoms with van der Waals surface area (Å²) >= 11 is 6.04. The summed E-state index contributed by atoms with van der Waals surface area (Å²) in [5.41, 5.74) is 1.18. The number of rotatable bonds is 4. The average Bonchev–Trinajstić information content (AvgIpc) is 2.99. The summed E-state index contributed by atoms with van der Waals surface area (Å²) in [4.78, 5) is 11.9. The molecule has 0 saturated heterocycles. The molecule has 2 aromatic rings. The minimum absolute atomic E-state index is 0.153. The minimum atomic E-state index is -0.214. The fraction of sp³-hybridized carbons (Fsp3) is 0.200. The standard InChI is InChI=1S/C15H14ClN3O2/c16-13-5-4-12(3-1-10-20)11-14(13)18-15(21)6-9-19-8-2-7-17-19/h2,4-5,7-8,11,20H,6,9-10H2,(H,18,21). The predicted octanol–water partition coefficient (Wildman–Crippen LogP) is 1.91. The Hall–Kier alpha value is -2.29. The molecule has 0 unspecified atom stereocenters. The maximum absolute atomic E-state index is 11.9. The largest absolute Gasteiger partial charge is 0.384 e. The summed E-state index contributed by atoms with van der Waals surface area (Å²) in [6.45, 7) is 0.286. The lowest BCUT2D eigenvalue weighted by Gasteiger charge is -2.08. The maximum atomic E-state index is 11.9. The summed E-state index contributed by atoms with van der Waals surface area (Å²) in [5.74, 6) is 5.16. The Morgan fingerprint density at radius 3 is 3.05 bits per heavy atom. The first-order valence-corrected chi connectivity index (χ1v) is 6.73. The highest BCUT2D eigenvalue weighted by molar-refractivity contribution is 6.33. The molecule has 0 aliphatic heterocycles. The van der Waals surface area contributed by atoms with Crippen molar-refractivity contribution in [2.45, 2.75) is 13.0 Å². The van der Waals surface area contributed by atoms with Crippen molar-refractivity contribution in [2.75, 3.05) is 11.9 Å². The molecule has 21 heavy (non-hydrogen) atoms. The Morgan fingerprint density at radius 1 is 1.48 bits per heavy atom. The Balaban J connectivity index is 1.99. The van der Waals surface area contributed by atoms with Crippen molar-refractivity contribution in [3.8, 4) is 11.8 Å². The van der Waals surface area contributed by atoms with Gasteiger partial charge >= 0.3 is 0 Å². The van der Waals surface area contributed by atoms with Crippen molar-refractivity contribution in [2.24, 2.45) is 0 Å². The van der Waals surface area contributed by atoms with Crippen molar-refractivity contribution < 1.29 is 9.90 Å². The van der Waals surface area contributed by atoms with Crippen LogP contribution in [-0.4, -0.2) is 27.4 Å². The second-order valence-electron chi connectivity index (χ2n) is 4.22. The molecule has 0 spiro atoms. The molecule has 1 aromatic carbocycles. The van der Waals surface area contributed by atoms with Gasteiger partial charge in [0.25, 0.3) is 0 Å². The highest BCUT2D eigenvalue weighted by atomic mass is 35.5. The van der Waals surface area contributed by atoms with Crippen molar-refractivity contribution in [1.82, 2.24) is 9.78 Å². The van der Waals surface area contributed by atoms with Crippen LogP contribution in [0.4, 0.5) is 5.69 Å². The van der Waals surface area contributed by atoms with Gasteiger partial charge in [0.1, 0.15) is 6.61 Å². The van der Waals surface area contributed by atoms with Gasteiger partial charge in [-0.25, -0.2) is 0 Å². The third-order valence-electron chi connectivity index (χ3n) is 2.68. The summed E-state index contributed by atoms with van der Waals surface area (Å²) in [5, 5.41) is 15.9. The molecule has 2 rings (SSSR count). The second kappa shape index (κ2) is 7.48. The summed E-state index contributed by atoms with van der Waals surface area (Å²) in [6, 6.07) is 6.87. The zero-order chi connectivity index (χ0) is 15.1. The number of amides is 1. The van der Waals surface area contributed by atoms with Crippen LogP contribution in [0.1, 0.15) is 12.0 Å². The average molecular weight is 304 g/mol. The van der Waals surface area contributed by atoms with Crippen LogP contribution in [0.2, 0.25) is 5.02 Å². The SMILES string of the molecule is O=C(CCn1cccn1)Nc1cc(C#CCO)ccc1Cl. The van der Waals surface area contributed by atoms with Gasteiger partial charge < -0.3 is 10.4 Å². The van der Waals surface area contributed by atoms with E-state index in [-0.39, 0.29) is 12.5 Å². The van der Waals surface area contributed by atoms with Crippen LogP contribution < -0.4 is 5.32 Å². The van der Waals surface area contributed by atoms with Gasteiger partial charge in [0.2, 0.25) is 5.91 Å². The lowest BCUT2D eigenvalue weighted by atomic mass is 10.2. The van der Waals surface area contributed by atoms with Crippen LogP contribution in [0.15, 0.2) is 36.7 Å². The Morgan fingerprint density at radius 2 is 2.33 bits per heavy atom. The first-order valence-electron chi connectivity index (χ1n) is 6.35. The van der Waals surface area contributed by atoms with Crippen molar-refractivity contribution in [3.63, 3.8) is 0 Å². The number of aliphatic hydroxyl groups excluding tert-OH is 1. The Bertz CT molecular complexity index is 672. The number of nitrogens with zero attached hydrogens (tertiary/aromatic N) is 2. The normalized spacial score (nSPS) is 9.81. The highest BCUT2D eigenvalue weighted by Crippen LogP contribution is 2.22. The minimum Gasteiger partial charge on any atom is -0.384 e. The van der Waals surface area contributed by atoms with Crippen LogP contribution in [0.3, 0.4) is 0 Å². The molecule has 6 heteroatoms. The van der Waals surface area contributed by atoms with Crippen LogP contribution in [0, 0.1) is 11.8 Å². The van der Waals surface area contributed by atoms with E-state index in [1.807, 2.05) is 0 Å². The zero-order valence-corrected chi connectivity index (χ0v) is 12.0. The number of hydrogen-bond acceptors (Lipinski definition) is 3. The first-order chi connectivity index (χ1) is 10.2. The topological polar surface area (TPSA) is 67.2 Å². The van der Waals surface area contributed by atoms with Gasteiger partial charge in [-0.3, -0.25) is 9.48 Å². The van der Waals surface area contributed by atoms with Gasteiger partial charge in [0.15, 0.2) is 0 Å². The molecular weight excluding hydrogens is 290 g/mol. The summed E-state index contributed by atoms with van der Waals surface area (Å²) < 4.78 is 1.68. The zero-order valence-electron chi connectivity index (χ0n) is 11.2. The lowest BCUT2D eigenvalue weighted by molar-refractivity contribution is -0.116. The highest BCUT2D eigenvalue weighted by Gasteiger charge is 2.07. The Kier molecular flexibility index (Phi) is 5.38. The van der Waals surface area contributed by atoms with E-state index in [2.05, 4.69) is 22.3 Å². The molecule has 1 amide bonds. The van der Waals surface area contributed by atoms with E-state index < -0.39 is 0 Å². The molecule has 0 atom stereocenters. The number of aromatic nitrogens is 2. The first kappa shape index (κ1) is 15.1. The van der Waals surface area contributed by atoms with E-state index in [9.17, 15) is 4.79 Å². The van der Waals surface area contributed by atoms with E-state index in [1.54, 1.807) is 41.3 Å². The number of benzene rings is 1. The third kappa shape index (κ3) is 4.63. The predicted molar refractivity (Wildman–Crippen MR) is 80.9 cm³/mol. The van der Waals surface area contributed by atoms with E-state index in [0.29, 0.717) is 29.2 Å². The van der Waals surface area contributed by atoms with Crippen molar-refractivity contribution in [3.05, 3.63) is 47.2 Å². The number of nitrogens with one attached hydrogen (secondary N) is 1. The van der Waals surface area contributed by atoms with Crippen LogP contribution in [-0.2, 0) is 11.3 Å². The molecule has 0 aliphatic rings. The summed E-state index contributed by atoms with van der Waals surface area (Å²) in [7, 11) is 0. The third-order valence-corrected chi connectivity index (χ3v) is 3.01. The molecule has 5 nitrogen and oxygen atoms in total. The molecule has 0 fully saturated rings. The van der Waals surface area contributed by atoms with Crippen molar-refractivity contribution >= 4 is 23.2 Å². The van der Waals surface area contributed by atoms with Gasteiger partial charge in [-0.05, 0) is 24.3 Å². The fourth-order valence-electron chi connectivity index (χ4n) is 1.70. The van der Waals surface area contributed by atoms with E-state index in [4.69, 9.17) is 16.7 Å². The van der Waals surface area contributed by atoms with Gasteiger partial charge in [0, 0.05) is 30.9 Å². The molecular formula is C15H14ClN3O2. The quantitative estimate of drug-likeness (QED) is 0.848. The number of aliphatic hydroxyl groups is 1. The van der Waals surface area contributed by atoms with Crippen LogP contribution >= 0.6 is 11.6 Å². The molecule has 0 aliphatic carbocycles. The fourth-order valence-corrected chi connectivity index (χ4v) is 1.87. The van der Waals surface area contributed by atoms with Crippen LogP contribution in [0.25, 0.3) is 0 Å². The number of hydrogen-bond donors (Lipinski definition) is 2. The number of carbonyl (C=O) groups is 1. The molecule has 108 valence electrons. The lowest BCUT2D eigenvalue weighted by Crippen LogP contribution is -2.15. The van der Waals surface area contributed by atoms with E-state index in [0.717, 1.165) is 0 Å². The van der Waals surface area contributed by atoms with Gasteiger partial charge in [-0.2, -0.15) is 5.10 Å². The number of halogens is 1. The maximum Gasteiger partial charge on any atom is 0.226 e. The molecule has 2 N–H and O–H groups in total. The van der Waals surface area contributed by atoms with Crippen LogP contribution in [0.5, 0.6) is 0 Å². The molecule has 1 aromatic heterocycles. The van der Waals surface area contributed by atoms with Gasteiger partial charge in [0.05, 0.1) is 10.7 Å². The van der Waals surface area contributed by atoms with E-state index >= 15 is 0 Å². The summed E-state index contributed by atoms with van der Waals surface area (Å²) in [6.07, 6.45) is 3.76. The smallest absolute Gasteiger partial charge is 0.226 e. The van der Waals surface area contributed by atoms with Gasteiger partial charge in [-0.1, -0.05) is 23.4 Å². The number of anilines is 1. The molecule has 1 heterocycles. The molecule has 0 saturated carbocycles. The Labute approximate surface area is 127 Å². The molecule has 0 bridgehead atoms. The van der Waals surface area contributed by atoms with Gasteiger partial charge in [-0.15, -0.1) is 0 Å². The van der Waals surface area contributed by atoms with E-state index in [1.165, 1.54) is 0 Å².